The Morgan fingerprint density at radius 2 is 2.07 bits per heavy atom. The Balaban J connectivity index is 0.000000370. The van der Waals surface area contributed by atoms with Crippen LogP contribution in [0.3, 0.4) is 0 Å². The molecule has 1 spiro atoms. The average molecular weight is 422 g/mol. The van der Waals surface area contributed by atoms with Crippen LogP contribution in [0.4, 0.5) is 19.1 Å². The molecule has 1 aromatic heterocycles. The molecule has 3 N–H and O–H groups in total. The molecule has 9 nitrogen and oxygen atoms in total. The van der Waals surface area contributed by atoms with Crippen LogP contribution in [-0.4, -0.2) is 95.4 Å². The van der Waals surface area contributed by atoms with Crippen LogP contribution in [-0.2, 0) is 14.3 Å². The molecule has 3 heterocycles. The molecule has 29 heavy (non-hydrogen) atoms. The maximum Gasteiger partial charge on any atom is 0.490 e. The van der Waals surface area contributed by atoms with Gasteiger partial charge in [0.1, 0.15) is 5.60 Å². The second kappa shape index (κ2) is 10.7. The first-order chi connectivity index (χ1) is 13.7. The number of nitrogens with one attached hydrogen (secondary N) is 1. The van der Waals surface area contributed by atoms with Crippen LogP contribution in [0.2, 0.25) is 0 Å². The largest absolute Gasteiger partial charge is 0.490 e. The molecule has 2 aliphatic heterocycles. The third kappa shape index (κ3) is 7.72. The van der Waals surface area contributed by atoms with Crippen molar-refractivity contribution in [2.45, 2.75) is 18.2 Å². The van der Waals surface area contributed by atoms with Crippen LogP contribution in [0.1, 0.15) is 6.42 Å². The minimum Gasteiger partial charge on any atom is -0.475 e. The summed E-state index contributed by atoms with van der Waals surface area (Å²) < 4.78 is 43.6. The van der Waals surface area contributed by atoms with E-state index in [1.165, 1.54) is 0 Å². The van der Waals surface area contributed by atoms with Crippen LogP contribution >= 0.6 is 0 Å². The van der Waals surface area contributed by atoms with Gasteiger partial charge in [0, 0.05) is 44.5 Å². The van der Waals surface area contributed by atoms with E-state index in [0.29, 0.717) is 31.6 Å². The third-order valence-corrected chi connectivity index (χ3v) is 4.49. The third-order valence-electron chi connectivity index (χ3n) is 4.49. The van der Waals surface area contributed by atoms with Gasteiger partial charge in [0.15, 0.2) is 0 Å². The molecule has 0 radical (unpaired) electrons. The first-order valence-electron chi connectivity index (χ1n) is 9.10. The van der Waals surface area contributed by atoms with Gasteiger partial charge < -0.3 is 25.0 Å². The minimum absolute atomic E-state index is 0.173. The van der Waals surface area contributed by atoms with Gasteiger partial charge in [-0.25, -0.2) is 14.8 Å². The summed E-state index contributed by atoms with van der Waals surface area (Å²) in [5, 5.41) is 19.5. The molecule has 3 rings (SSSR count). The van der Waals surface area contributed by atoms with Crippen LogP contribution in [0.15, 0.2) is 18.5 Å². The van der Waals surface area contributed by atoms with Crippen molar-refractivity contribution in [3.8, 4) is 0 Å². The lowest BCUT2D eigenvalue weighted by molar-refractivity contribution is -0.192. The number of aliphatic hydroxyl groups is 1. The van der Waals surface area contributed by atoms with Gasteiger partial charge in [0.25, 0.3) is 0 Å². The molecule has 2 unspecified atom stereocenters. The van der Waals surface area contributed by atoms with Gasteiger partial charge in [-0.2, -0.15) is 13.2 Å². The lowest BCUT2D eigenvalue weighted by atomic mass is 9.94. The van der Waals surface area contributed by atoms with Gasteiger partial charge >= 0.3 is 12.1 Å². The number of aliphatic carboxylic acids is 1. The highest BCUT2D eigenvalue weighted by molar-refractivity contribution is 5.73. The topological polar surface area (TPSA) is 117 Å². The fourth-order valence-corrected chi connectivity index (χ4v) is 3.22. The Hall–Kier alpha value is -2.02. The predicted molar refractivity (Wildman–Crippen MR) is 95.3 cm³/mol. The fourth-order valence-electron chi connectivity index (χ4n) is 3.22. The molecule has 1 aromatic rings. The summed E-state index contributed by atoms with van der Waals surface area (Å²) in [5.74, 6) is -1.68. The lowest BCUT2D eigenvalue weighted by Crippen LogP contribution is -2.45. The zero-order valence-corrected chi connectivity index (χ0v) is 15.8. The summed E-state index contributed by atoms with van der Waals surface area (Å²) in [4.78, 5) is 19.5. The van der Waals surface area contributed by atoms with E-state index >= 15 is 0 Å². The summed E-state index contributed by atoms with van der Waals surface area (Å²) in [5.41, 5.74) is -0.241. The van der Waals surface area contributed by atoms with Crippen LogP contribution in [0, 0.1) is 5.92 Å². The van der Waals surface area contributed by atoms with Crippen LogP contribution in [0.25, 0.3) is 0 Å². The molecule has 0 aromatic carbocycles. The van der Waals surface area contributed by atoms with E-state index in [4.69, 9.17) is 24.5 Å². The van der Waals surface area contributed by atoms with Gasteiger partial charge in [-0.1, -0.05) is 0 Å². The number of hydrogen-bond acceptors (Lipinski definition) is 8. The van der Waals surface area contributed by atoms with Crippen molar-refractivity contribution < 1.29 is 37.7 Å². The van der Waals surface area contributed by atoms with Crippen molar-refractivity contribution in [2.75, 3.05) is 57.9 Å². The molecule has 0 aliphatic carbocycles. The molecule has 0 saturated carbocycles. The number of carboxylic acid groups (broad SMARTS) is 1. The molecule has 12 heteroatoms. The monoisotopic (exact) mass is 422 g/mol. The number of nitrogens with zero attached hydrogens (tertiary/aromatic N) is 3. The molecular weight excluding hydrogens is 397 g/mol. The maximum atomic E-state index is 10.6. The highest BCUT2D eigenvalue weighted by Crippen LogP contribution is 2.32. The Kier molecular flexibility index (Phi) is 8.56. The highest BCUT2D eigenvalue weighted by atomic mass is 19.4. The van der Waals surface area contributed by atoms with Gasteiger partial charge in [-0.05, 0) is 12.5 Å². The number of alkyl halides is 3. The molecule has 2 atom stereocenters. The van der Waals surface area contributed by atoms with E-state index in [2.05, 4.69) is 20.2 Å². The Morgan fingerprint density at radius 1 is 1.38 bits per heavy atom. The number of carboxylic acids is 1. The Bertz CT molecular complexity index is 637. The second-order valence-corrected chi connectivity index (χ2v) is 6.87. The second-order valence-electron chi connectivity index (χ2n) is 6.87. The number of rotatable bonds is 5. The van der Waals surface area contributed by atoms with Gasteiger partial charge in [0.05, 0.1) is 26.4 Å². The van der Waals surface area contributed by atoms with E-state index in [1.807, 2.05) is 0 Å². The van der Waals surface area contributed by atoms with Crippen molar-refractivity contribution in [3.63, 3.8) is 0 Å². The van der Waals surface area contributed by atoms with E-state index in [0.717, 1.165) is 32.7 Å². The predicted octanol–water partition coefficient (Wildman–Crippen LogP) is 0.622. The minimum atomic E-state index is -5.08. The SMILES string of the molecule is O=C(O)C(F)(F)F.OCCN1CCOCC2(CC(CNc3ncccn3)CO2)C1. The quantitative estimate of drug-likeness (QED) is 0.628. The number of aliphatic hydroxyl groups excluding tert-OH is 1. The molecule has 2 fully saturated rings. The number of β-amino-alcohol motifs (C(OH)–C–C–N with tert-alkyl or cyclic N) is 1. The highest BCUT2D eigenvalue weighted by Gasteiger charge is 2.43. The van der Waals surface area contributed by atoms with Crippen molar-refractivity contribution >= 4 is 11.9 Å². The Labute approximate surface area is 165 Å². The van der Waals surface area contributed by atoms with E-state index in [-0.39, 0.29) is 12.2 Å². The average Bonchev–Trinajstić information content (AvgIpc) is 2.96. The molecule has 164 valence electrons. The maximum absolute atomic E-state index is 10.6. The number of hydrogen-bond donors (Lipinski definition) is 3. The van der Waals surface area contributed by atoms with Gasteiger partial charge in [-0.15, -0.1) is 0 Å². The fraction of sp³-hybridized carbons (Fsp3) is 0.706. The summed E-state index contributed by atoms with van der Waals surface area (Å²) in [6.45, 7) is 5.38. The molecule has 0 amide bonds. The zero-order chi connectivity index (χ0) is 21.3. The standard InChI is InChI=1S/C15H24N4O3.C2HF3O2/c20-6-4-19-5-7-21-12-15(11-19)8-13(10-22-15)9-18-14-16-2-1-3-17-14;3-2(4,5)1(6)7/h1-3,13,20H,4-12H2,(H,16,17,18);(H,6,7). The van der Waals surface area contributed by atoms with Crippen molar-refractivity contribution in [2.24, 2.45) is 5.92 Å². The van der Waals surface area contributed by atoms with Crippen molar-refractivity contribution in [1.82, 2.24) is 14.9 Å². The molecule has 2 aliphatic rings. The van der Waals surface area contributed by atoms with Crippen LogP contribution < -0.4 is 5.32 Å². The van der Waals surface area contributed by atoms with Gasteiger partial charge in [-0.3, -0.25) is 4.90 Å². The van der Waals surface area contributed by atoms with Crippen LogP contribution in [0.5, 0.6) is 0 Å². The van der Waals surface area contributed by atoms with Crippen molar-refractivity contribution in [3.05, 3.63) is 18.5 Å². The van der Waals surface area contributed by atoms with E-state index in [1.54, 1.807) is 18.5 Å². The smallest absolute Gasteiger partial charge is 0.475 e. The van der Waals surface area contributed by atoms with Gasteiger partial charge in [0.2, 0.25) is 5.95 Å². The Morgan fingerprint density at radius 3 is 2.69 bits per heavy atom. The first-order valence-corrected chi connectivity index (χ1v) is 9.10. The number of ether oxygens (including phenoxy) is 2. The first kappa shape index (κ1) is 23.3. The number of aromatic nitrogens is 2. The summed E-state index contributed by atoms with van der Waals surface area (Å²) in [6.07, 6.45) is -0.670. The number of anilines is 1. The zero-order valence-electron chi connectivity index (χ0n) is 15.8. The lowest BCUT2D eigenvalue weighted by Gasteiger charge is -2.30. The summed E-state index contributed by atoms with van der Waals surface area (Å²) in [6, 6.07) is 1.80. The summed E-state index contributed by atoms with van der Waals surface area (Å²) >= 11 is 0. The molecule has 2 saturated heterocycles. The molecular formula is C17H25F3N4O5. The number of carbonyl (C=O) groups is 1. The van der Waals surface area contributed by atoms with Crippen molar-refractivity contribution in [1.29, 1.82) is 0 Å². The normalized spacial score (nSPS) is 25.2. The van der Waals surface area contributed by atoms with E-state index in [9.17, 15) is 13.2 Å². The summed E-state index contributed by atoms with van der Waals surface area (Å²) in [7, 11) is 0. The molecule has 0 bridgehead atoms. The van der Waals surface area contributed by atoms with E-state index < -0.39 is 12.1 Å². The number of halogens is 3.